The van der Waals surface area contributed by atoms with Gasteiger partial charge >= 0.3 is 0 Å². The van der Waals surface area contributed by atoms with Gasteiger partial charge in [-0.25, -0.2) is 0 Å². The maximum atomic E-state index is 11.3. The van der Waals surface area contributed by atoms with Crippen LogP contribution in [0.25, 0.3) is 0 Å². The number of primary amides is 1. The molecule has 1 atom stereocenters. The van der Waals surface area contributed by atoms with Gasteiger partial charge in [-0.1, -0.05) is 6.92 Å². The molecule has 0 aromatic carbocycles. The van der Waals surface area contributed by atoms with E-state index in [0.29, 0.717) is 13.0 Å². The van der Waals surface area contributed by atoms with Gasteiger partial charge < -0.3 is 10.6 Å². The number of carbonyl (C=O) groups is 2. The molecule has 2 amide bonds. The summed E-state index contributed by atoms with van der Waals surface area (Å²) in [5.74, 6) is -0.335. The monoisotopic (exact) mass is 170 g/mol. The van der Waals surface area contributed by atoms with E-state index in [9.17, 15) is 9.59 Å². The third-order valence-corrected chi connectivity index (χ3v) is 2.13. The zero-order valence-electron chi connectivity index (χ0n) is 7.25. The van der Waals surface area contributed by atoms with E-state index in [1.165, 1.54) is 0 Å². The van der Waals surface area contributed by atoms with Crippen LogP contribution in [0.3, 0.4) is 0 Å². The summed E-state index contributed by atoms with van der Waals surface area (Å²) in [5, 5.41) is 0. The van der Waals surface area contributed by atoms with Crippen molar-refractivity contribution in [2.45, 2.75) is 32.2 Å². The van der Waals surface area contributed by atoms with Crippen LogP contribution in [0.1, 0.15) is 26.2 Å². The van der Waals surface area contributed by atoms with Crippen LogP contribution in [-0.4, -0.2) is 29.3 Å². The van der Waals surface area contributed by atoms with Gasteiger partial charge in [0.05, 0.1) is 0 Å². The SMILES string of the molecule is CCCC(=O)N1CCC1C(N)=O. The first-order chi connectivity index (χ1) is 5.66. The fraction of sp³-hybridized carbons (Fsp3) is 0.750. The summed E-state index contributed by atoms with van der Waals surface area (Å²) in [6, 6.07) is -0.330. The molecule has 0 saturated carbocycles. The molecule has 0 spiro atoms. The fourth-order valence-corrected chi connectivity index (χ4v) is 1.34. The highest BCUT2D eigenvalue weighted by Gasteiger charge is 2.35. The maximum absolute atomic E-state index is 11.3. The number of hydrogen-bond donors (Lipinski definition) is 1. The topological polar surface area (TPSA) is 63.4 Å². The van der Waals surface area contributed by atoms with Crippen molar-refractivity contribution in [1.82, 2.24) is 4.90 Å². The standard InChI is InChI=1S/C8H14N2O2/c1-2-3-7(11)10-5-4-6(10)8(9)12/h6H,2-5H2,1H3,(H2,9,12). The Bertz CT molecular complexity index is 203. The summed E-state index contributed by atoms with van der Waals surface area (Å²) in [4.78, 5) is 23.5. The Morgan fingerprint density at radius 1 is 1.58 bits per heavy atom. The van der Waals surface area contributed by atoms with Crippen molar-refractivity contribution in [2.24, 2.45) is 5.73 Å². The van der Waals surface area contributed by atoms with Gasteiger partial charge in [0.1, 0.15) is 6.04 Å². The second-order valence-corrected chi connectivity index (χ2v) is 3.04. The molecule has 4 heteroatoms. The molecule has 1 heterocycles. The minimum atomic E-state index is -0.384. The van der Waals surface area contributed by atoms with Crippen molar-refractivity contribution in [3.8, 4) is 0 Å². The van der Waals surface area contributed by atoms with Gasteiger partial charge in [-0.3, -0.25) is 9.59 Å². The van der Waals surface area contributed by atoms with Crippen LogP contribution in [0.2, 0.25) is 0 Å². The van der Waals surface area contributed by atoms with Crippen LogP contribution < -0.4 is 5.73 Å². The predicted molar refractivity (Wildman–Crippen MR) is 44.2 cm³/mol. The molecule has 1 fully saturated rings. The summed E-state index contributed by atoms with van der Waals surface area (Å²) in [6.45, 7) is 2.63. The number of hydrogen-bond acceptors (Lipinski definition) is 2. The van der Waals surface area contributed by atoms with Gasteiger partial charge in [0, 0.05) is 13.0 Å². The van der Waals surface area contributed by atoms with Crippen molar-refractivity contribution >= 4 is 11.8 Å². The summed E-state index contributed by atoms with van der Waals surface area (Å²) in [6.07, 6.45) is 2.06. The zero-order valence-corrected chi connectivity index (χ0v) is 7.25. The van der Waals surface area contributed by atoms with Crippen LogP contribution in [0.4, 0.5) is 0 Å². The van der Waals surface area contributed by atoms with Gasteiger partial charge in [0.15, 0.2) is 0 Å². The van der Waals surface area contributed by atoms with Crippen molar-refractivity contribution in [3.05, 3.63) is 0 Å². The highest BCUT2D eigenvalue weighted by molar-refractivity contribution is 5.88. The average molecular weight is 170 g/mol. The van der Waals surface area contributed by atoms with Crippen molar-refractivity contribution < 1.29 is 9.59 Å². The second-order valence-electron chi connectivity index (χ2n) is 3.04. The maximum Gasteiger partial charge on any atom is 0.240 e. The molecule has 0 aromatic heterocycles. The number of nitrogens with two attached hydrogens (primary N) is 1. The van der Waals surface area contributed by atoms with Crippen LogP contribution >= 0.6 is 0 Å². The normalized spacial score (nSPS) is 21.8. The van der Waals surface area contributed by atoms with Crippen LogP contribution in [-0.2, 0) is 9.59 Å². The van der Waals surface area contributed by atoms with E-state index in [0.717, 1.165) is 12.8 Å². The van der Waals surface area contributed by atoms with Gasteiger partial charge in [0.2, 0.25) is 11.8 Å². The Kier molecular flexibility index (Phi) is 2.68. The van der Waals surface area contributed by atoms with E-state index < -0.39 is 0 Å². The first-order valence-corrected chi connectivity index (χ1v) is 4.25. The largest absolute Gasteiger partial charge is 0.368 e. The zero-order chi connectivity index (χ0) is 9.14. The van der Waals surface area contributed by atoms with Gasteiger partial charge in [-0.15, -0.1) is 0 Å². The summed E-state index contributed by atoms with van der Waals surface area (Å²) >= 11 is 0. The lowest BCUT2D eigenvalue weighted by Gasteiger charge is -2.38. The second kappa shape index (κ2) is 3.56. The first-order valence-electron chi connectivity index (χ1n) is 4.25. The molecular formula is C8H14N2O2. The van der Waals surface area contributed by atoms with Gasteiger partial charge in [0.25, 0.3) is 0 Å². The average Bonchev–Trinajstić information content (AvgIpc) is 1.82. The number of likely N-dealkylation sites (tertiary alicyclic amines) is 1. The Labute approximate surface area is 71.7 Å². The molecule has 0 aromatic rings. The van der Waals surface area contributed by atoms with Crippen molar-refractivity contribution in [1.29, 1.82) is 0 Å². The Morgan fingerprint density at radius 2 is 2.25 bits per heavy atom. The quantitative estimate of drug-likeness (QED) is 0.641. The number of rotatable bonds is 3. The highest BCUT2D eigenvalue weighted by Crippen LogP contribution is 2.18. The fourth-order valence-electron chi connectivity index (χ4n) is 1.34. The highest BCUT2D eigenvalue weighted by atomic mass is 16.2. The lowest BCUT2D eigenvalue weighted by molar-refractivity contribution is -0.146. The van der Waals surface area contributed by atoms with Crippen LogP contribution in [0.5, 0.6) is 0 Å². The lowest BCUT2D eigenvalue weighted by Crippen LogP contribution is -2.57. The molecule has 68 valence electrons. The third-order valence-electron chi connectivity index (χ3n) is 2.13. The van der Waals surface area contributed by atoms with E-state index in [1.807, 2.05) is 6.92 Å². The van der Waals surface area contributed by atoms with Crippen LogP contribution in [0.15, 0.2) is 0 Å². The Balaban J connectivity index is 2.43. The molecule has 1 unspecified atom stereocenters. The van der Waals surface area contributed by atoms with Crippen molar-refractivity contribution in [3.63, 3.8) is 0 Å². The summed E-state index contributed by atoms with van der Waals surface area (Å²) < 4.78 is 0. The smallest absolute Gasteiger partial charge is 0.240 e. The van der Waals surface area contributed by atoms with E-state index in [2.05, 4.69) is 0 Å². The number of carbonyl (C=O) groups excluding carboxylic acids is 2. The molecular weight excluding hydrogens is 156 g/mol. The Morgan fingerprint density at radius 3 is 2.58 bits per heavy atom. The molecule has 1 aliphatic rings. The molecule has 1 saturated heterocycles. The minimum Gasteiger partial charge on any atom is -0.368 e. The molecule has 12 heavy (non-hydrogen) atoms. The molecule has 0 bridgehead atoms. The predicted octanol–water partition coefficient (Wildman–Crippen LogP) is -0.127. The van der Waals surface area contributed by atoms with Crippen LogP contribution in [0, 0.1) is 0 Å². The van der Waals surface area contributed by atoms with Gasteiger partial charge in [-0.2, -0.15) is 0 Å². The van der Waals surface area contributed by atoms with Gasteiger partial charge in [-0.05, 0) is 12.8 Å². The molecule has 1 aliphatic heterocycles. The Hall–Kier alpha value is -1.06. The molecule has 1 rings (SSSR count). The first kappa shape index (κ1) is 9.03. The summed E-state index contributed by atoms with van der Waals surface area (Å²) in [7, 11) is 0. The van der Waals surface area contributed by atoms with E-state index in [-0.39, 0.29) is 17.9 Å². The van der Waals surface area contributed by atoms with E-state index >= 15 is 0 Å². The third kappa shape index (κ3) is 1.57. The van der Waals surface area contributed by atoms with E-state index in [1.54, 1.807) is 4.90 Å². The molecule has 0 aliphatic carbocycles. The molecule has 4 nitrogen and oxygen atoms in total. The molecule has 2 N–H and O–H groups in total. The lowest BCUT2D eigenvalue weighted by atomic mass is 10.0. The molecule has 0 radical (unpaired) electrons. The number of amides is 2. The summed E-state index contributed by atoms with van der Waals surface area (Å²) in [5.41, 5.74) is 5.09. The minimum absolute atomic E-state index is 0.0487. The van der Waals surface area contributed by atoms with E-state index in [4.69, 9.17) is 5.73 Å². The van der Waals surface area contributed by atoms with Crippen molar-refractivity contribution in [2.75, 3.05) is 6.54 Å². The number of nitrogens with zero attached hydrogens (tertiary/aromatic N) is 1.